The first-order valence-corrected chi connectivity index (χ1v) is 9.87. The quantitative estimate of drug-likeness (QED) is 0.367. The highest BCUT2D eigenvalue weighted by atomic mass is 19.1. The molecule has 3 N–H and O–H groups in total. The molecule has 1 aliphatic rings. The number of hydrogen-bond donors (Lipinski definition) is 2. The molecular weight excluding hydrogens is 387 g/mol. The fourth-order valence-electron chi connectivity index (χ4n) is 3.79. The lowest BCUT2D eigenvalue weighted by molar-refractivity contribution is 0.101. The third-order valence-corrected chi connectivity index (χ3v) is 5.36. The number of ether oxygens (including phenoxy) is 1. The number of anilines is 2. The number of nitrogens with two attached hydrogens (primary N) is 1. The van der Waals surface area contributed by atoms with E-state index in [2.05, 4.69) is 10.3 Å². The fourth-order valence-corrected chi connectivity index (χ4v) is 3.79. The van der Waals surface area contributed by atoms with Crippen molar-refractivity contribution in [2.24, 2.45) is 0 Å². The Labute approximate surface area is 172 Å². The summed E-state index contributed by atoms with van der Waals surface area (Å²) in [5, 5.41) is 3.07. The first-order valence-electron chi connectivity index (χ1n) is 9.87. The number of Topliss-reactive ketones (excluding diaryl/α,β-unsaturated/α-hetero) is 1. The van der Waals surface area contributed by atoms with Gasteiger partial charge >= 0.3 is 0 Å². The van der Waals surface area contributed by atoms with E-state index in [1.54, 1.807) is 10.8 Å². The SMILES string of the molecule is CC(=O)c1cn2c3c(c(NCCCc4ccccn4)c(F)c(N)c3c1=O)OC[C@H]2C. The van der Waals surface area contributed by atoms with Crippen LogP contribution in [-0.2, 0) is 6.42 Å². The number of pyridine rings is 2. The number of hydrogen-bond acceptors (Lipinski definition) is 6. The van der Waals surface area contributed by atoms with Gasteiger partial charge in [0.25, 0.3) is 0 Å². The van der Waals surface area contributed by atoms with Crippen LogP contribution in [0.15, 0.2) is 35.4 Å². The lowest BCUT2D eigenvalue weighted by Gasteiger charge is -2.29. The molecule has 0 saturated heterocycles. The molecule has 3 heterocycles. The van der Waals surface area contributed by atoms with Crippen molar-refractivity contribution in [3.05, 3.63) is 57.9 Å². The predicted octanol–water partition coefficient (Wildman–Crippen LogP) is 3.32. The van der Waals surface area contributed by atoms with Crippen LogP contribution in [-0.4, -0.2) is 28.5 Å². The van der Waals surface area contributed by atoms with Crippen LogP contribution >= 0.6 is 0 Å². The lowest BCUT2D eigenvalue weighted by Crippen LogP contribution is -2.27. The summed E-state index contributed by atoms with van der Waals surface area (Å²) in [7, 11) is 0. The van der Waals surface area contributed by atoms with Crippen molar-refractivity contribution >= 4 is 28.1 Å². The number of nitrogens with one attached hydrogen (secondary N) is 1. The van der Waals surface area contributed by atoms with E-state index in [-0.39, 0.29) is 46.5 Å². The molecule has 1 aliphatic heterocycles. The molecule has 4 rings (SSSR count). The van der Waals surface area contributed by atoms with E-state index >= 15 is 4.39 Å². The van der Waals surface area contributed by atoms with Gasteiger partial charge in [0.1, 0.15) is 12.3 Å². The molecule has 1 aromatic carbocycles. The van der Waals surface area contributed by atoms with Gasteiger partial charge in [-0.2, -0.15) is 0 Å². The van der Waals surface area contributed by atoms with Crippen LogP contribution in [0.2, 0.25) is 0 Å². The highest BCUT2D eigenvalue weighted by molar-refractivity contribution is 6.04. The number of aryl methyl sites for hydroxylation is 1. The average Bonchev–Trinajstić information content (AvgIpc) is 2.73. The van der Waals surface area contributed by atoms with Gasteiger partial charge in [-0.25, -0.2) is 4.39 Å². The molecule has 0 saturated carbocycles. The van der Waals surface area contributed by atoms with E-state index in [4.69, 9.17) is 10.5 Å². The number of ketones is 1. The zero-order chi connectivity index (χ0) is 21.4. The smallest absolute Gasteiger partial charge is 0.202 e. The highest BCUT2D eigenvalue weighted by Crippen LogP contribution is 2.43. The van der Waals surface area contributed by atoms with E-state index < -0.39 is 11.2 Å². The molecule has 0 spiro atoms. The standard InChI is InChI=1S/C22H23FN4O3/c1-12-11-30-22-19(26-9-5-7-14-6-3-4-8-25-14)17(23)18(24)16-20(22)27(12)10-15(13(2)28)21(16)29/h3-4,6,8,10,12,26H,5,7,9,11,24H2,1-2H3/t12-/m1/s1. The van der Waals surface area contributed by atoms with Crippen molar-refractivity contribution in [3.63, 3.8) is 0 Å². The molecule has 0 fully saturated rings. The number of carbonyl (C=O) groups excluding carboxylic acids is 1. The maximum absolute atomic E-state index is 15.2. The largest absolute Gasteiger partial charge is 0.487 e. The topological polar surface area (TPSA) is 99.2 Å². The maximum Gasteiger partial charge on any atom is 0.202 e. The molecule has 0 radical (unpaired) electrons. The fraction of sp³-hybridized carbons (Fsp3) is 0.318. The first kappa shape index (κ1) is 19.9. The van der Waals surface area contributed by atoms with Gasteiger partial charge in [0, 0.05) is 24.6 Å². The van der Waals surface area contributed by atoms with Crippen LogP contribution in [0.3, 0.4) is 0 Å². The van der Waals surface area contributed by atoms with Gasteiger partial charge in [0.2, 0.25) is 5.43 Å². The summed E-state index contributed by atoms with van der Waals surface area (Å²) in [6.45, 7) is 3.97. The Morgan fingerprint density at radius 2 is 2.23 bits per heavy atom. The van der Waals surface area contributed by atoms with Crippen molar-refractivity contribution in [3.8, 4) is 5.75 Å². The molecular formula is C22H23FN4O3. The summed E-state index contributed by atoms with van der Waals surface area (Å²) in [6.07, 6.45) is 4.71. The zero-order valence-electron chi connectivity index (χ0n) is 16.9. The Morgan fingerprint density at radius 3 is 2.93 bits per heavy atom. The van der Waals surface area contributed by atoms with Gasteiger partial charge in [-0.15, -0.1) is 0 Å². The van der Waals surface area contributed by atoms with Gasteiger partial charge in [0.05, 0.1) is 28.2 Å². The molecule has 0 bridgehead atoms. The summed E-state index contributed by atoms with van der Waals surface area (Å²) < 4.78 is 22.8. The Hall–Kier alpha value is -3.42. The molecule has 30 heavy (non-hydrogen) atoms. The van der Waals surface area contributed by atoms with E-state index in [1.807, 2.05) is 25.1 Å². The van der Waals surface area contributed by atoms with E-state index in [0.29, 0.717) is 12.1 Å². The zero-order valence-corrected chi connectivity index (χ0v) is 16.9. The van der Waals surface area contributed by atoms with Crippen LogP contribution in [0.5, 0.6) is 5.75 Å². The van der Waals surface area contributed by atoms with Crippen molar-refractivity contribution < 1.29 is 13.9 Å². The summed E-state index contributed by atoms with van der Waals surface area (Å²) in [5.41, 5.74) is 6.68. The maximum atomic E-state index is 15.2. The molecule has 8 heteroatoms. The van der Waals surface area contributed by atoms with Gasteiger partial charge in [-0.1, -0.05) is 6.07 Å². The van der Waals surface area contributed by atoms with Gasteiger partial charge in [-0.3, -0.25) is 14.6 Å². The van der Waals surface area contributed by atoms with Crippen LogP contribution in [0.4, 0.5) is 15.8 Å². The Kier molecular flexibility index (Phi) is 5.15. The average molecular weight is 410 g/mol. The molecule has 156 valence electrons. The second-order valence-corrected chi connectivity index (χ2v) is 7.50. The number of carbonyl (C=O) groups is 1. The van der Waals surface area contributed by atoms with Crippen molar-refractivity contribution in [1.82, 2.24) is 9.55 Å². The van der Waals surface area contributed by atoms with Gasteiger partial charge in [-0.05, 0) is 38.8 Å². The summed E-state index contributed by atoms with van der Waals surface area (Å²) >= 11 is 0. The van der Waals surface area contributed by atoms with Crippen molar-refractivity contribution in [2.75, 3.05) is 24.2 Å². The molecule has 0 aliphatic carbocycles. The third kappa shape index (κ3) is 3.28. The molecule has 7 nitrogen and oxygen atoms in total. The number of rotatable bonds is 6. The molecule has 3 aromatic rings. The Morgan fingerprint density at radius 1 is 1.43 bits per heavy atom. The molecule has 2 aromatic heterocycles. The van der Waals surface area contributed by atoms with Gasteiger partial charge in [0.15, 0.2) is 17.3 Å². The monoisotopic (exact) mass is 410 g/mol. The number of nitrogen functional groups attached to an aromatic ring is 1. The second-order valence-electron chi connectivity index (χ2n) is 7.50. The summed E-state index contributed by atoms with van der Waals surface area (Å²) in [5.74, 6) is -0.878. The highest BCUT2D eigenvalue weighted by Gasteiger charge is 2.29. The number of nitrogens with zero attached hydrogens (tertiary/aromatic N) is 2. The molecule has 1 atom stereocenters. The minimum atomic E-state index is -0.741. The summed E-state index contributed by atoms with van der Waals surface area (Å²) in [4.78, 5) is 29.1. The van der Waals surface area contributed by atoms with Crippen molar-refractivity contribution in [1.29, 1.82) is 0 Å². The normalized spacial score (nSPS) is 15.1. The second kappa shape index (κ2) is 7.78. The van der Waals surface area contributed by atoms with E-state index in [1.165, 1.54) is 13.1 Å². The molecule has 0 unspecified atom stereocenters. The van der Waals surface area contributed by atoms with Crippen LogP contribution in [0, 0.1) is 5.82 Å². The van der Waals surface area contributed by atoms with Crippen LogP contribution in [0.25, 0.3) is 10.9 Å². The summed E-state index contributed by atoms with van der Waals surface area (Å²) in [6, 6.07) is 5.58. The van der Waals surface area contributed by atoms with Gasteiger partial charge < -0.3 is 20.4 Å². The lowest BCUT2D eigenvalue weighted by atomic mass is 10.0. The number of halogens is 1. The van der Waals surface area contributed by atoms with Crippen LogP contribution in [0.1, 0.15) is 42.4 Å². The third-order valence-electron chi connectivity index (χ3n) is 5.36. The predicted molar refractivity (Wildman–Crippen MR) is 114 cm³/mol. The first-order chi connectivity index (χ1) is 14.4. The number of benzene rings is 1. The molecule has 0 amide bonds. The Bertz CT molecular complexity index is 1190. The van der Waals surface area contributed by atoms with Crippen LogP contribution < -0.4 is 21.2 Å². The van der Waals surface area contributed by atoms with E-state index in [9.17, 15) is 9.59 Å². The van der Waals surface area contributed by atoms with Crippen molar-refractivity contribution in [2.45, 2.75) is 32.7 Å². The minimum absolute atomic E-state index is 0.00984. The minimum Gasteiger partial charge on any atom is -0.487 e. The van der Waals surface area contributed by atoms with E-state index in [0.717, 1.165) is 18.5 Å². The number of aromatic nitrogens is 2. The Balaban J connectivity index is 1.75.